The Morgan fingerprint density at radius 2 is 1.00 bits per heavy atom. The lowest BCUT2D eigenvalue weighted by atomic mass is 10.1. The third-order valence-corrected chi connectivity index (χ3v) is 2.84. The first kappa shape index (κ1) is 17.9. The van der Waals surface area contributed by atoms with Gasteiger partial charge < -0.3 is 14.2 Å². The van der Waals surface area contributed by atoms with Crippen LogP contribution in [0.2, 0.25) is 0 Å². The molecule has 0 aromatic carbocycles. The molecule has 0 atom stereocenters. The maximum absolute atomic E-state index is 5.50. The summed E-state index contributed by atoms with van der Waals surface area (Å²) < 4.78 is 16.0. The monoisotopic (exact) mass is 260 g/mol. The van der Waals surface area contributed by atoms with Crippen molar-refractivity contribution in [3.05, 3.63) is 0 Å². The predicted octanol–water partition coefficient (Wildman–Crippen LogP) is 3.81. The topological polar surface area (TPSA) is 27.7 Å². The fourth-order valence-corrected chi connectivity index (χ4v) is 1.75. The van der Waals surface area contributed by atoms with Crippen molar-refractivity contribution in [1.29, 1.82) is 0 Å². The molecule has 3 heteroatoms. The lowest BCUT2D eigenvalue weighted by Crippen LogP contribution is -2.09. The lowest BCUT2D eigenvalue weighted by molar-refractivity contribution is 0.0162. The van der Waals surface area contributed by atoms with Crippen LogP contribution in [0.5, 0.6) is 0 Å². The van der Waals surface area contributed by atoms with E-state index >= 15 is 0 Å². The van der Waals surface area contributed by atoms with Gasteiger partial charge in [0.2, 0.25) is 0 Å². The van der Waals surface area contributed by atoms with Crippen LogP contribution in [0.1, 0.15) is 58.8 Å². The van der Waals surface area contributed by atoms with E-state index in [1.54, 1.807) is 0 Å². The third-order valence-electron chi connectivity index (χ3n) is 2.84. The second-order valence-electron chi connectivity index (χ2n) is 4.54. The summed E-state index contributed by atoms with van der Waals surface area (Å²) in [7, 11) is 0. The van der Waals surface area contributed by atoms with Gasteiger partial charge in [-0.2, -0.15) is 0 Å². The highest BCUT2D eigenvalue weighted by atomic mass is 16.5. The minimum absolute atomic E-state index is 0.675. The molecule has 110 valence electrons. The highest BCUT2D eigenvalue weighted by Crippen LogP contribution is 2.06. The SMILES string of the molecule is CCCCCCCCCOCCOCCOCC. The fraction of sp³-hybridized carbons (Fsp3) is 1.00. The van der Waals surface area contributed by atoms with Crippen molar-refractivity contribution in [2.45, 2.75) is 58.8 Å². The average Bonchev–Trinajstić information content (AvgIpc) is 2.39. The zero-order valence-electron chi connectivity index (χ0n) is 12.4. The van der Waals surface area contributed by atoms with Gasteiger partial charge in [0.1, 0.15) is 0 Å². The van der Waals surface area contributed by atoms with E-state index < -0.39 is 0 Å². The maximum atomic E-state index is 5.50. The van der Waals surface area contributed by atoms with E-state index in [0.29, 0.717) is 26.4 Å². The highest BCUT2D eigenvalue weighted by Gasteiger charge is 1.92. The van der Waals surface area contributed by atoms with Gasteiger partial charge in [0, 0.05) is 13.2 Å². The Labute approximate surface area is 113 Å². The molecule has 0 bridgehead atoms. The van der Waals surface area contributed by atoms with Crippen LogP contribution in [0.25, 0.3) is 0 Å². The van der Waals surface area contributed by atoms with Gasteiger partial charge in [-0.25, -0.2) is 0 Å². The highest BCUT2D eigenvalue weighted by molar-refractivity contribution is 4.44. The summed E-state index contributed by atoms with van der Waals surface area (Å²) in [6, 6.07) is 0. The molecule has 0 aliphatic rings. The van der Waals surface area contributed by atoms with E-state index in [2.05, 4.69) is 6.92 Å². The van der Waals surface area contributed by atoms with Crippen LogP contribution >= 0.6 is 0 Å². The van der Waals surface area contributed by atoms with Crippen LogP contribution in [0.15, 0.2) is 0 Å². The van der Waals surface area contributed by atoms with Crippen LogP contribution in [-0.4, -0.2) is 39.6 Å². The lowest BCUT2D eigenvalue weighted by Gasteiger charge is -2.06. The minimum Gasteiger partial charge on any atom is -0.379 e. The van der Waals surface area contributed by atoms with Gasteiger partial charge >= 0.3 is 0 Å². The molecule has 0 fully saturated rings. The van der Waals surface area contributed by atoms with E-state index in [-0.39, 0.29) is 0 Å². The fourth-order valence-electron chi connectivity index (χ4n) is 1.75. The van der Waals surface area contributed by atoms with E-state index in [1.165, 1.54) is 44.9 Å². The van der Waals surface area contributed by atoms with Crippen molar-refractivity contribution in [2.75, 3.05) is 39.6 Å². The number of hydrogen-bond acceptors (Lipinski definition) is 3. The molecule has 0 N–H and O–H groups in total. The molecule has 0 aliphatic carbocycles. The zero-order chi connectivity index (χ0) is 13.3. The first-order valence-corrected chi connectivity index (χ1v) is 7.65. The molecule has 0 aromatic heterocycles. The molecule has 0 spiro atoms. The summed E-state index contributed by atoms with van der Waals surface area (Å²) in [5.41, 5.74) is 0. The molecule has 0 saturated carbocycles. The molecule has 0 radical (unpaired) electrons. The molecule has 0 aliphatic heterocycles. The van der Waals surface area contributed by atoms with Crippen molar-refractivity contribution >= 4 is 0 Å². The summed E-state index contributed by atoms with van der Waals surface area (Å²) >= 11 is 0. The van der Waals surface area contributed by atoms with Crippen LogP contribution in [0.4, 0.5) is 0 Å². The Bertz CT molecular complexity index is 124. The third kappa shape index (κ3) is 15.9. The molecule has 3 nitrogen and oxygen atoms in total. The van der Waals surface area contributed by atoms with Crippen LogP contribution < -0.4 is 0 Å². The van der Waals surface area contributed by atoms with E-state index in [9.17, 15) is 0 Å². The first-order valence-electron chi connectivity index (χ1n) is 7.65. The zero-order valence-corrected chi connectivity index (χ0v) is 12.4. The van der Waals surface area contributed by atoms with Crippen LogP contribution in [-0.2, 0) is 14.2 Å². The summed E-state index contributed by atoms with van der Waals surface area (Å²) in [5, 5.41) is 0. The molecule has 0 amide bonds. The summed E-state index contributed by atoms with van der Waals surface area (Å²) in [6.07, 6.45) is 9.33. The van der Waals surface area contributed by atoms with Crippen molar-refractivity contribution in [3.63, 3.8) is 0 Å². The van der Waals surface area contributed by atoms with Gasteiger partial charge in [0.15, 0.2) is 0 Å². The van der Waals surface area contributed by atoms with Crippen molar-refractivity contribution in [2.24, 2.45) is 0 Å². The van der Waals surface area contributed by atoms with E-state index in [0.717, 1.165) is 13.2 Å². The normalized spacial score (nSPS) is 11.0. The molecule has 0 unspecified atom stereocenters. The van der Waals surface area contributed by atoms with E-state index in [4.69, 9.17) is 14.2 Å². The number of ether oxygens (including phenoxy) is 3. The number of hydrogen-bond donors (Lipinski definition) is 0. The second kappa shape index (κ2) is 16.9. The Kier molecular flexibility index (Phi) is 16.8. The summed E-state index contributed by atoms with van der Waals surface area (Å²) in [6.45, 7) is 8.64. The summed E-state index contributed by atoms with van der Waals surface area (Å²) in [5.74, 6) is 0. The van der Waals surface area contributed by atoms with Gasteiger partial charge in [-0.3, -0.25) is 0 Å². The molecular formula is C15H32O3. The molecule has 0 saturated heterocycles. The van der Waals surface area contributed by atoms with Gasteiger partial charge in [0.25, 0.3) is 0 Å². The quantitative estimate of drug-likeness (QED) is 0.419. The Morgan fingerprint density at radius 3 is 1.61 bits per heavy atom. The van der Waals surface area contributed by atoms with Crippen molar-refractivity contribution in [3.8, 4) is 0 Å². The summed E-state index contributed by atoms with van der Waals surface area (Å²) in [4.78, 5) is 0. The Balaban J connectivity index is 2.86. The molecular weight excluding hydrogens is 228 g/mol. The smallest absolute Gasteiger partial charge is 0.0701 e. The predicted molar refractivity (Wildman–Crippen MR) is 76.1 cm³/mol. The van der Waals surface area contributed by atoms with Gasteiger partial charge in [-0.15, -0.1) is 0 Å². The maximum Gasteiger partial charge on any atom is 0.0701 e. The molecule has 0 heterocycles. The molecule has 0 rings (SSSR count). The molecule has 0 aromatic rings. The van der Waals surface area contributed by atoms with Crippen LogP contribution in [0, 0.1) is 0 Å². The minimum atomic E-state index is 0.675. The van der Waals surface area contributed by atoms with Gasteiger partial charge in [-0.1, -0.05) is 45.4 Å². The second-order valence-corrected chi connectivity index (χ2v) is 4.54. The van der Waals surface area contributed by atoms with Crippen molar-refractivity contribution in [1.82, 2.24) is 0 Å². The Hall–Kier alpha value is -0.120. The molecule has 18 heavy (non-hydrogen) atoms. The Morgan fingerprint density at radius 1 is 0.500 bits per heavy atom. The average molecular weight is 260 g/mol. The van der Waals surface area contributed by atoms with Gasteiger partial charge in [-0.05, 0) is 13.3 Å². The van der Waals surface area contributed by atoms with Crippen molar-refractivity contribution < 1.29 is 14.2 Å². The first-order chi connectivity index (χ1) is 8.91. The van der Waals surface area contributed by atoms with Gasteiger partial charge in [0.05, 0.1) is 26.4 Å². The van der Waals surface area contributed by atoms with Crippen LogP contribution in [0.3, 0.4) is 0 Å². The standard InChI is InChI=1S/C15H32O3/c1-3-5-6-7-8-9-10-11-17-14-15-18-13-12-16-4-2/h3-15H2,1-2H3. The van der Waals surface area contributed by atoms with E-state index in [1.807, 2.05) is 6.92 Å². The largest absolute Gasteiger partial charge is 0.379 e. The number of unbranched alkanes of at least 4 members (excludes halogenated alkanes) is 6. The number of rotatable bonds is 15.